The molecular weight excluding hydrogens is 240 g/mol. The maximum atomic E-state index is 4.19. The van der Waals surface area contributed by atoms with Gasteiger partial charge in [0.25, 0.3) is 0 Å². The first-order valence-corrected chi connectivity index (χ1v) is 5.07. The Kier molecular flexibility index (Phi) is 2.79. The highest BCUT2D eigenvalue weighted by Gasteiger charge is 1.94. The van der Waals surface area contributed by atoms with E-state index in [9.17, 15) is 0 Å². The van der Waals surface area contributed by atoms with Gasteiger partial charge in [-0.3, -0.25) is 0 Å². The van der Waals surface area contributed by atoms with Gasteiger partial charge < -0.3 is 5.32 Å². The number of halogens is 1. The Hall–Kier alpha value is -1.35. The molecular formula is C11H9BrN2. The summed E-state index contributed by atoms with van der Waals surface area (Å²) in [5, 5.41) is 3.20. The van der Waals surface area contributed by atoms with Crippen LogP contribution in [0.5, 0.6) is 0 Å². The van der Waals surface area contributed by atoms with E-state index in [1.807, 2.05) is 42.5 Å². The van der Waals surface area contributed by atoms with E-state index in [4.69, 9.17) is 0 Å². The number of nitrogens with one attached hydrogen (secondary N) is 1. The summed E-state index contributed by atoms with van der Waals surface area (Å²) in [6.45, 7) is 0. The lowest BCUT2D eigenvalue weighted by atomic mass is 10.3. The average Bonchev–Trinajstić information content (AvgIpc) is 2.19. The van der Waals surface area contributed by atoms with E-state index in [1.165, 1.54) is 0 Å². The molecule has 0 saturated carbocycles. The number of hydrogen-bond acceptors (Lipinski definition) is 2. The minimum atomic E-state index is 0.838. The number of para-hydroxylation sites is 1. The maximum absolute atomic E-state index is 4.19. The van der Waals surface area contributed by atoms with E-state index in [2.05, 4.69) is 26.2 Å². The van der Waals surface area contributed by atoms with Crippen molar-refractivity contribution in [2.75, 3.05) is 5.32 Å². The van der Waals surface area contributed by atoms with Crippen LogP contribution in [0, 0.1) is 0 Å². The van der Waals surface area contributed by atoms with Crippen molar-refractivity contribution in [2.24, 2.45) is 0 Å². The zero-order chi connectivity index (χ0) is 9.80. The molecule has 0 fully saturated rings. The lowest BCUT2D eigenvalue weighted by Crippen LogP contribution is -1.91. The van der Waals surface area contributed by atoms with Crippen molar-refractivity contribution in [1.29, 1.82) is 0 Å². The predicted molar refractivity (Wildman–Crippen MR) is 61.7 cm³/mol. The Morgan fingerprint density at radius 2 is 1.86 bits per heavy atom. The van der Waals surface area contributed by atoms with E-state index < -0.39 is 0 Å². The third kappa shape index (κ3) is 2.33. The molecule has 0 atom stereocenters. The number of pyridine rings is 1. The van der Waals surface area contributed by atoms with Crippen molar-refractivity contribution in [2.45, 2.75) is 0 Å². The number of anilines is 2. The molecule has 2 rings (SSSR count). The Bertz CT molecular complexity index is 415. The van der Waals surface area contributed by atoms with Gasteiger partial charge in [0.05, 0.1) is 0 Å². The van der Waals surface area contributed by atoms with Crippen molar-refractivity contribution < 1.29 is 0 Å². The fraction of sp³-hybridized carbons (Fsp3) is 0. The van der Waals surface area contributed by atoms with Crippen LogP contribution in [-0.4, -0.2) is 4.98 Å². The van der Waals surface area contributed by atoms with Crippen LogP contribution in [0.15, 0.2) is 53.1 Å². The molecule has 0 radical (unpaired) electrons. The summed E-state index contributed by atoms with van der Waals surface area (Å²) in [4.78, 5) is 4.19. The smallest absolute Gasteiger partial charge is 0.131 e. The molecule has 1 heterocycles. The molecule has 0 aliphatic rings. The second-order valence-corrected chi connectivity index (χ2v) is 3.77. The zero-order valence-corrected chi connectivity index (χ0v) is 9.03. The van der Waals surface area contributed by atoms with Gasteiger partial charge in [-0.15, -0.1) is 0 Å². The normalized spacial score (nSPS) is 9.79. The van der Waals surface area contributed by atoms with E-state index >= 15 is 0 Å². The summed E-state index contributed by atoms with van der Waals surface area (Å²) in [6.07, 6.45) is 1.76. The quantitative estimate of drug-likeness (QED) is 0.879. The van der Waals surface area contributed by atoms with Gasteiger partial charge in [-0.05, 0) is 24.3 Å². The minimum Gasteiger partial charge on any atom is -0.340 e. The molecule has 2 nitrogen and oxygen atoms in total. The lowest BCUT2D eigenvalue weighted by Gasteiger charge is -2.04. The second kappa shape index (κ2) is 4.24. The van der Waals surface area contributed by atoms with Gasteiger partial charge in [0.15, 0.2) is 0 Å². The molecule has 1 aromatic carbocycles. The van der Waals surface area contributed by atoms with Crippen LogP contribution in [0.3, 0.4) is 0 Å². The molecule has 0 aliphatic carbocycles. The summed E-state index contributed by atoms with van der Waals surface area (Å²) in [5.41, 5.74) is 1.04. The molecule has 0 amide bonds. The highest BCUT2D eigenvalue weighted by molar-refractivity contribution is 9.10. The highest BCUT2D eigenvalue weighted by atomic mass is 79.9. The van der Waals surface area contributed by atoms with E-state index in [-0.39, 0.29) is 0 Å². The Morgan fingerprint density at radius 3 is 2.57 bits per heavy atom. The Labute approximate surface area is 91.1 Å². The fourth-order valence-corrected chi connectivity index (χ4v) is 1.48. The number of aromatic nitrogens is 1. The number of hydrogen-bond donors (Lipinski definition) is 1. The Balaban J connectivity index is 2.19. The van der Waals surface area contributed by atoms with Crippen LogP contribution in [0.4, 0.5) is 11.5 Å². The number of nitrogens with zero attached hydrogens (tertiary/aromatic N) is 1. The monoisotopic (exact) mass is 248 g/mol. The van der Waals surface area contributed by atoms with Crippen LogP contribution in [0.2, 0.25) is 0 Å². The molecule has 70 valence electrons. The largest absolute Gasteiger partial charge is 0.340 e. The standard InChI is InChI=1S/C11H9BrN2/c12-9-6-7-13-11(8-9)14-10-4-2-1-3-5-10/h1-8H,(H,13,14). The van der Waals surface area contributed by atoms with E-state index in [0.29, 0.717) is 0 Å². The average molecular weight is 249 g/mol. The van der Waals surface area contributed by atoms with Crippen LogP contribution in [-0.2, 0) is 0 Å². The molecule has 14 heavy (non-hydrogen) atoms. The molecule has 0 saturated heterocycles. The second-order valence-electron chi connectivity index (χ2n) is 2.85. The van der Waals surface area contributed by atoms with Gasteiger partial charge in [0, 0.05) is 16.4 Å². The van der Waals surface area contributed by atoms with E-state index in [1.54, 1.807) is 6.20 Å². The number of benzene rings is 1. The first-order chi connectivity index (χ1) is 6.84. The molecule has 3 heteroatoms. The van der Waals surface area contributed by atoms with Crippen LogP contribution in [0.25, 0.3) is 0 Å². The molecule has 0 spiro atoms. The first kappa shape index (κ1) is 9.21. The maximum Gasteiger partial charge on any atom is 0.131 e. The van der Waals surface area contributed by atoms with Crippen LogP contribution < -0.4 is 5.32 Å². The van der Waals surface area contributed by atoms with Crippen molar-refractivity contribution in [1.82, 2.24) is 4.98 Å². The molecule has 0 bridgehead atoms. The molecule has 2 aromatic rings. The first-order valence-electron chi connectivity index (χ1n) is 4.28. The molecule has 1 aromatic heterocycles. The van der Waals surface area contributed by atoms with Crippen molar-refractivity contribution in [3.05, 3.63) is 53.1 Å². The van der Waals surface area contributed by atoms with Crippen molar-refractivity contribution in [3.8, 4) is 0 Å². The molecule has 0 aliphatic heterocycles. The fourth-order valence-electron chi connectivity index (χ4n) is 1.14. The molecule has 1 N–H and O–H groups in total. The minimum absolute atomic E-state index is 0.838. The van der Waals surface area contributed by atoms with Gasteiger partial charge >= 0.3 is 0 Å². The molecule has 0 unspecified atom stereocenters. The number of rotatable bonds is 2. The van der Waals surface area contributed by atoms with E-state index in [0.717, 1.165) is 16.0 Å². The SMILES string of the molecule is Brc1ccnc(Nc2ccccc2)c1. The summed E-state index contributed by atoms with van der Waals surface area (Å²) < 4.78 is 1.02. The van der Waals surface area contributed by atoms with Crippen LogP contribution in [0.1, 0.15) is 0 Å². The third-order valence-corrected chi connectivity index (χ3v) is 2.26. The third-order valence-electron chi connectivity index (χ3n) is 1.77. The summed E-state index contributed by atoms with van der Waals surface area (Å²) >= 11 is 3.40. The zero-order valence-electron chi connectivity index (χ0n) is 7.44. The lowest BCUT2D eigenvalue weighted by molar-refractivity contribution is 1.30. The topological polar surface area (TPSA) is 24.9 Å². The van der Waals surface area contributed by atoms with Gasteiger partial charge in [0.2, 0.25) is 0 Å². The van der Waals surface area contributed by atoms with Crippen molar-refractivity contribution >= 4 is 27.4 Å². The highest BCUT2D eigenvalue weighted by Crippen LogP contribution is 2.17. The van der Waals surface area contributed by atoms with Gasteiger partial charge in [-0.2, -0.15) is 0 Å². The summed E-state index contributed by atoms with van der Waals surface area (Å²) in [5.74, 6) is 0.838. The summed E-state index contributed by atoms with van der Waals surface area (Å²) in [7, 11) is 0. The van der Waals surface area contributed by atoms with Crippen LogP contribution >= 0.6 is 15.9 Å². The van der Waals surface area contributed by atoms with Gasteiger partial charge in [0.1, 0.15) is 5.82 Å². The Morgan fingerprint density at radius 1 is 1.07 bits per heavy atom. The predicted octanol–water partition coefficient (Wildman–Crippen LogP) is 3.59. The summed E-state index contributed by atoms with van der Waals surface area (Å²) in [6, 6.07) is 13.8. The van der Waals surface area contributed by atoms with Crippen molar-refractivity contribution in [3.63, 3.8) is 0 Å². The van der Waals surface area contributed by atoms with Gasteiger partial charge in [-0.25, -0.2) is 4.98 Å². The van der Waals surface area contributed by atoms with Gasteiger partial charge in [-0.1, -0.05) is 34.1 Å².